The van der Waals surface area contributed by atoms with Gasteiger partial charge in [-0.1, -0.05) is 137 Å². The molecule has 2 aliphatic heterocycles. The number of thiophene rings is 1. The minimum absolute atomic E-state index is 0.131. The number of hydrogen-bond donors (Lipinski definition) is 0. The molecule has 0 spiro atoms. The first-order valence-electron chi connectivity index (χ1n) is 25.4. The van der Waals surface area contributed by atoms with Gasteiger partial charge in [-0.2, -0.15) is 11.3 Å². The molecule has 62 heavy (non-hydrogen) atoms. The lowest BCUT2D eigenvalue weighted by molar-refractivity contribution is 0.240. The van der Waals surface area contributed by atoms with Gasteiger partial charge in [0.2, 0.25) is 0 Å². The molecule has 1 aromatic rings. The highest BCUT2D eigenvalue weighted by Gasteiger charge is 2.54. The second kappa shape index (κ2) is 16.6. The first-order chi connectivity index (χ1) is 29.1. The molecule has 0 amide bonds. The Morgan fingerprint density at radius 1 is 0.839 bits per heavy atom. The van der Waals surface area contributed by atoms with Crippen LogP contribution in [0, 0.1) is 34.5 Å². The highest BCUT2D eigenvalue weighted by atomic mass is 32.1. The smallest absolute Gasteiger partial charge is 0.259 e. The minimum atomic E-state index is 0.131. The molecule has 0 bridgehead atoms. The fraction of sp³-hybridized carbons (Fsp3) is 0.655. The van der Waals surface area contributed by atoms with E-state index >= 15 is 0 Å². The summed E-state index contributed by atoms with van der Waals surface area (Å²) in [6.45, 7) is 41.2. The molecule has 3 heterocycles. The Morgan fingerprint density at radius 2 is 1.50 bits per heavy atom. The zero-order valence-corrected chi connectivity index (χ0v) is 43.2. The van der Waals surface area contributed by atoms with Crippen LogP contribution < -0.4 is 9.68 Å². The Balaban J connectivity index is 1.42. The monoisotopic (exact) mass is 853 g/mol. The van der Waals surface area contributed by atoms with Gasteiger partial charge in [-0.05, 0) is 177 Å². The Labute approximate surface area is 385 Å². The van der Waals surface area contributed by atoms with Crippen molar-refractivity contribution in [2.75, 3.05) is 11.4 Å². The van der Waals surface area contributed by atoms with E-state index < -0.39 is 0 Å². The molecule has 0 aromatic carbocycles. The third kappa shape index (κ3) is 8.04. The van der Waals surface area contributed by atoms with Gasteiger partial charge in [0.1, 0.15) is 0 Å². The highest BCUT2D eigenvalue weighted by molar-refractivity contribution is 7.27. The molecule has 1 aromatic heterocycles. The molecule has 0 N–H and O–H groups in total. The molecule has 2 nitrogen and oxygen atoms in total. The van der Waals surface area contributed by atoms with E-state index in [1.54, 1.807) is 54.3 Å². The summed E-state index contributed by atoms with van der Waals surface area (Å²) in [5, 5.41) is 0. The molecule has 4 heteroatoms. The summed E-state index contributed by atoms with van der Waals surface area (Å²) in [4.78, 5) is 7.53. The molecule has 5 aliphatic carbocycles. The Bertz CT molecular complexity index is 2220. The summed E-state index contributed by atoms with van der Waals surface area (Å²) in [7, 11) is 0. The number of fused-ring (bicyclic) bond motifs is 5. The van der Waals surface area contributed by atoms with Crippen LogP contribution in [0.1, 0.15) is 198 Å². The molecule has 0 fully saturated rings. The summed E-state index contributed by atoms with van der Waals surface area (Å²) < 4.78 is 1.65. The van der Waals surface area contributed by atoms with Gasteiger partial charge in [-0.25, -0.2) is 0 Å². The molecule has 336 valence electrons. The molecule has 0 saturated carbocycles. The van der Waals surface area contributed by atoms with E-state index in [0.717, 1.165) is 32.2 Å². The van der Waals surface area contributed by atoms with Gasteiger partial charge < -0.3 is 9.80 Å². The second-order valence-electron chi connectivity index (χ2n) is 24.6. The lowest BCUT2D eigenvalue weighted by Gasteiger charge is -2.52. The van der Waals surface area contributed by atoms with Crippen molar-refractivity contribution in [2.45, 2.75) is 205 Å². The van der Waals surface area contributed by atoms with Crippen molar-refractivity contribution >= 4 is 28.5 Å². The lowest BCUT2D eigenvalue weighted by atomic mass is 9.32. The van der Waals surface area contributed by atoms with Crippen LogP contribution in [-0.2, 0) is 10.8 Å². The molecular weight excluding hydrogens is 768 g/mol. The molecule has 0 saturated heterocycles. The molecule has 5 atom stereocenters. The average molecular weight is 853 g/mol. The molecule has 8 rings (SSSR count). The van der Waals surface area contributed by atoms with Crippen molar-refractivity contribution in [2.24, 2.45) is 34.5 Å². The van der Waals surface area contributed by atoms with Gasteiger partial charge >= 0.3 is 0 Å². The van der Waals surface area contributed by atoms with Crippen LogP contribution in [0.5, 0.6) is 0 Å². The largest absolute Gasteiger partial charge is 0.361 e. The topological polar surface area (TPSA) is 6.48 Å². The predicted molar refractivity (Wildman–Crippen MR) is 274 cm³/mol. The highest BCUT2D eigenvalue weighted by Crippen LogP contribution is 2.57. The van der Waals surface area contributed by atoms with Gasteiger partial charge in [-0.3, -0.25) is 0 Å². The summed E-state index contributed by atoms with van der Waals surface area (Å²) in [5.74, 6) is 2.46. The molecule has 7 aliphatic rings. The minimum Gasteiger partial charge on any atom is -0.361 e. The van der Waals surface area contributed by atoms with E-state index in [1.165, 1.54) is 73.9 Å². The van der Waals surface area contributed by atoms with Gasteiger partial charge in [-0.15, -0.1) is 0 Å². The predicted octanol–water partition coefficient (Wildman–Crippen LogP) is 16.0. The maximum Gasteiger partial charge on any atom is 0.259 e. The summed E-state index contributed by atoms with van der Waals surface area (Å²) in [6, 6.07) is 0.315. The van der Waals surface area contributed by atoms with Crippen LogP contribution in [0.3, 0.4) is 0 Å². The van der Waals surface area contributed by atoms with E-state index in [0.29, 0.717) is 36.4 Å². The normalized spacial score (nSPS) is 31.3. The van der Waals surface area contributed by atoms with Crippen LogP contribution in [0.15, 0.2) is 92.4 Å². The second-order valence-corrected chi connectivity index (χ2v) is 25.6. The number of anilines is 1. The quantitative estimate of drug-likeness (QED) is 0.252. The number of rotatable bonds is 7. The van der Waals surface area contributed by atoms with E-state index in [2.05, 4.69) is 168 Å². The van der Waals surface area contributed by atoms with Crippen molar-refractivity contribution in [1.82, 2.24) is 4.90 Å². The third-order valence-corrected chi connectivity index (χ3v) is 19.3. The Kier molecular flexibility index (Phi) is 12.3. The fourth-order valence-electron chi connectivity index (χ4n) is 12.7. The number of allylic oxidation sites excluding steroid dienone is 11. The first-order valence-corrected chi connectivity index (χ1v) is 26.3. The van der Waals surface area contributed by atoms with Crippen molar-refractivity contribution < 1.29 is 0 Å². The van der Waals surface area contributed by atoms with Crippen LogP contribution in [0.4, 0.5) is 5.69 Å². The van der Waals surface area contributed by atoms with Crippen molar-refractivity contribution in [3.05, 3.63) is 103 Å². The van der Waals surface area contributed by atoms with Gasteiger partial charge in [0.15, 0.2) is 0 Å². The van der Waals surface area contributed by atoms with Crippen LogP contribution in [0.2, 0.25) is 0 Å². The first kappa shape index (κ1) is 45.8. The summed E-state index contributed by atoms with van der Waals surface area (Å²) in [6.07, 6.45) is 30.4. The maximum atomic E-state index is 2.97. The van der Waals surface area contributed by atoms with E-state index in [-0.39, 0.29) is 21.7 Å². The Hall–Kier alpha value is -2.72. The van der Waals surface area contributed by atoms with Crippen molar-refractivity contribution in [3.63, 3.8) is 0 Å². The van der Waals surface area contributed by atoms with Gasteiger partial charge in [0.05, 0.1) is 0 Å². The number of hydrogen-bond acceptors (Lipinski definition) is 3. The average Bonchev–Trinajstić information content (AvgIpc) is 3.64. The van der Waals surface area contributed by atoms with Crippen LogP contribution >= 0.6 is 11.3 Å². The van der Waals surface area contributed by atoms with E-state index in [9.17, 15) is 0 Å². The SMILES string of the molecule is CCC(C)C1=CC2=C(CC1CC)N(C1=C/CC(C)(C)CCC(C)(C)C/C=C\1C)C1=C3B2c2sc4c(c2N(C/C=C\C2=C(C)C(C)CCC2C)C3CC(C)=C1)C(C)(C)CCC4(C)C. The van der Waals surface area contributed by atoms with Crippen LogP contribution in [0.25, 0.3) is 0 Å². The lowest BCUT2D eigenvalue weighted by Crippen LogP contribution is -2.58. The van der Waals surface area contributed by atoms with E-state index in [4.69, 9.17) is 0 Å². The summed E-state index contributed by atoms with van der Waals surface area (Å²) >= 11 is 2.23. The maximum absolute atomic E-state index is 2.97. The van der Waals surface area contributed by atoms with Crippen LogP contribution in [-0.4, -0.2) is 24.2 Å². The Morgan fingerprint density at radius 3 is 2.18 bits per heavy atom. The molecular formula is C58H85BN2S. The molecule has 0 radical (unpaired) electrons. The standard InChI is InChI=1S/C58H85BN2S/c1-17-37(4)44-35-45-47(34-42(44)18-2)61(46-24-26-56(11,12)28-27-55(9,10)25-23-40(46)7)49-33-36(3)32-48-51(49)59(45)54-52(50-53(62-54)58(15,16)30-29-57(50,13)14)60(48)31-19-20-43-39(6)22-21-38(5)41(43)8/h19-20,23-24,33,35,37-39,42,48H,17-18,21-22,25-32,34H2,1-16H3/b20-19-,40-23-,46-24+. The van der Waals surface area contributed by atoms with Gasteiger partial charge in [0, 0.05) is 45.0 Å². The van der Waals surface area contributed by atoms with Crippen molar-refractivity contribution in [3.8, 4) is 0 Å². The molecule has 5 unspecified atom stereocenters. The number of nitrogens with zero attached hydrogens (tertiary/aromatic N) is 2. The van der Waals surface area contributed by atoms with Crippen molar-refractivity contribution in [1.29, 1.82) is 0 Å². The zero-order chi connectivity index (χ0) is 44.8. The third-order valence-electron chi connectivity index (χ3n) is 17.7. The fourth-order valence-corrected chi connectivity index (χ4v) is 14.5. The zero-order valence-electron chi connectivity index (χ0n) is 42.4. The van der Waals surface area contributed by atoms with Gasteiger partial charge in [0.25, 0.3) is 6.71 Å². The summed E-state index contributed by atoms with van der Waals surface area (Å²) in [5.41, 5.74) is 19.9. The van der Waals surface area contributed by atoms with E-state index in [1.807, 2.05) is 0 Å².